The maximum atomic E-state index is 11.7. The van der Waals surface area contributed by atoms with E-state index in [1.807, 2.05) is 26.2 Å². The van der Waals surface area contributed by atoms with Crippen molar-refractivity contribution < 1.29 is 0 Å². The minimum absolute atomic E-state index is 0.0783. The van der Waals surface area contributed by atoms with E-state index in [0.29, 0.717) is 5.88 Å². The molecule has 0 fully saturated rings. The Labute approximate surface area is 89.3 Å². The summed E-state index contributed by atoms with van der Waals surface area (Å²) in [6, 6.07) is 0.233. The number of nitrogens with zero attached hydrogens (tertiary/aromatic N) is 2. The molecule has 1 rings (SSSR count). The lowest BCUT2D eigenvalue weighted by Crippen LogP contribution is -2.25. The largest absolute Gasteiger partial charge is 0.328 e. The van der Waals surface area contributed by atoms with E-state index in [1.165, 1.54) is 0 Å². The summed E-state index contributed by atoms with van der Waals surface area (Å²) >= 11 is 5.57. The van der Waals surface area contributed by atoms with Gasteiger partial charge in [0.05, 0.1) is 0 Å². The van der Waals surface area contributed by atoms with Crippen LogP contribution in [0.1, 0.15) is 32.7 Å². The SMILES string of the molecule is CC(C)n1ccn(CCCCCl)c1=O. The molecule has 0 atom stereocenters. The van der Waals surface area contributed by atoms with Crippen molar-refractivity contribution in [1.29, 1.82) is 0 Å². The predicted octanol–water partition coefficient (Wildman–Crippen LogP) is 2.25. The monoisotopic (exact) mass is 216 g/mol. The molecule has 0 radical (unpaired) electrons. The lowest BCUT2D eigenvalue weighted by atomic mass is 10.3. The van der Waals surface area contributed by atoms with Gasteiger partial charge in [0, 0.05) is 30.9 Å². The van der Waals surface area contributed by atoms with Gasteiger partial charge in [0.1, 0.15) is 0 Å². The molecule has 0 unspecified atom stereocenters. The smallest absolute Gasteiger partial charge is 0.299 e. The van der Waals surface area contributed by atoms with E-state index in [4.69, 9.17) is 11.6 Å². The molecule has 0 aliphatic rings. The molecule has 0 N–H and O–H groups in total. The predicted molar refractivity (Wildman–Crippen MR) is 59.0 cm³/mol. The van der Waals surface area contributed by atoms with E-state index in [-0.39, 0.29) is 11.7 Å². The zero-order valence-corrected chi connectivity index (χ0v) is 9.50. The first-order valence-electron chi connectivity index (χ1n) is 5.00. The quantitative estimate of drug-likeness (QED) is 0.548. The highest BCUT2D eigenvalue weighted by atomic mass is 35.5. The van der Waals surface area contributed by atoms with Crippen LogP contribution in [0.3, 0.4) is 0 Å². The Kier molecular flexibility index (Phi) is 4.26. The number of unbranched alkanes of at least 4 members (excludes halogenated alkanes) is 1. The summed E-state index contributed by atoms with van der Waals surface area (Å²) in [5, 5.41) is 0. The molecule has 3 nitrogen and oxygen atoms in total. The van der Waals surface area contributed by atoms with Gasteiger partial charge in [-0.05, 0) is 26.7 Å². The van der Waals surface area contributed by atoms with Crippen molar-refractivity contribution in [3.63, 3.8) is 0 Å². The average Bonchev–Trinajstić information content (AvgIpc) is 2.48. The summed E-state index contributed by atoms with van der Waals surface area (Å²) in [6.07, 6.45) is 5.61. The minimum atomic E-state index is 0.0783. The summed E-state index contributed by atoms with van der Waals surface area (Å²) < 4.78 is 3.48. The van der Waals surface area contributed by atoms with Gasteiger partial charge in [-0.25, -0.2) is 4.79 Å². The van der Waals surface area contributed by atoms with Crippen LogP contribution >= 0.6 is 11.6 Å². The number of hydrogen-bond acceptors (Lipinski definition) is 1. The van der Waals surface area contributed by atoms with Gasteiger partial charge in [0.25, 0.3) is 0 Å². The number of imidazole rings is 1. The van der Waals surface area contributed by atoms with Crippen LogP contribution in [0, 0.1) is 0 Å². The highest BCUT2D eigenvalue weighted by Crippen LogP contribution is 2.00. The van der Waals surface area contributed by atoms with Crippen molar-refractivity contribution in [3.05, 3.63) is 22.9 Å². The fourth-order valence-corrected chi connectivity index (χ4v) is 1.56. The highest BCUT2D eigenvalue weighted by molar-refractivity contribution is 6.17. The first kappa shape index (κ1) is 11.4. The Bertz CT molecular complexity index is 327. The third kappa shape index (κ3) is 2.64. The highest BCUT2D eigenvalue weighted by Gasteiger charge is 2.04. The van der Waals surface area contributed by atoms with Gasteiger partial charge in [0.2, 0.25) is 0 Å². The normalized spacial score (nSPS) is 11.1. The summed E-state index contributed by atoms with van der Waals surface area (Å²) in [7, 11) is 0. The number of aryl methyl sites for hydroxylation is 1. The number of alkyl halides is 1. The van der Waals surface area contributed by atoms with E-state index in [2.05, 4.69) is 0 Å². The molecular formula is C10H17ClN2O. The number of aromatic nitrogens is 2. The molecule has 0 aliphatic carbocycles. The fourth-order valence-electron chi connectivity index (χ4n) is 1.37. The molecule has 1 heterocycles. The van der Waals surface area contributed by atoms with Gasteiger partial charge in [-0.3, -0.25) is 9.13 Å². The lowest BCUT2D eigenvalue weighted by molar-refractivity contribution is 0.540. The van der Waals surface area contributed by atoms with Crippen LogP contribution in [0.15, 0.2) is 17.2 Å². The summed E-state index contributed by atoms with van der Waals surface area (Å²) in [6.45, 7) is 4.78. The number of hydrogen-bond donors (Lipinski definition) is 0. The van der Waals surface area contributed by atoms with E-state index >= 15 is 0 Å². The van der Waals surface area contributed by atoms with Crippen molar-refractivity contribution in [1.82, 2.24) is 9.13 Å². The Balaban J connectivity index is 2.65. The van der Waals surface area contributed by atoms with E-state index in [0.717, 1.165) is 19.4 Å². The molecule has 14 heavy (non-hydrogen) atoms. The fraction of sp³-hybridized carbons (Fsp3) is 0.700. The second-order valence-corrected chi connectivity index (χ2v) is 4.05. The van der Waals surface area contributed by atoms with Gasteiger partial charge in [-0.2, -0.15) is 0 Å². The summed E-state index contributed by atoms with van der Waals surface area (Å²) in [4.78, 5) is 11.7. The second-order valence-electron chi connectivity index (χ2n) is 3.67. The third-order valence-electron chi connectivity index (χ3n) is 2.21. The van der Waals surface area contributed by atoms with Crippen LogP contribution in [-0.2, 0) is 6.54 Å². The molecule has 80 valence electrons. The molecule has 0 aromatic carbocycles. The van der Waals surface area contributed by atoms with Gasteiger partial charge < -0.3 is 0 Å². The number of rotatable bonds is 5. The van der Waals surface area contributed by atoms with Crippen molar-refractivity contribution in [3.8, 4) is 0 Å². The Morgan fingerprint density at radius 3 is 2.57 bits per heavy atom. The van der Waals surface area contributed by atoms with Gasteiger partial charge in [-0.1, -0.05) is 0 Å². The topological polar surface area (TPSA) is 26.9 Å². The van der Waals surface area contributed by atoms with Gasteiger partial charge in [0.15, 0.2) is 0 Å². The summed E-state index contributed by atoms with van der Waals surface area (Å²) in [5.41, 5.74) is 0.0783. The zero-order valence-electron chi connectivity index (χ0n) is 8.74. The molecule has 1 aromatic heterocycles. The maximum Gasteiger partial charge on any atom is 0.328 e. The lowest BCUT2D eigenvalue weighted by Gasteiger charge is -2.04. The zero-order chi connectivity index (χ0) is 10.6. The maximum absolute atomic E-state index is 11.7. The van der Waals surface area contributed by atoms with E-state index < -0.39 is 0 Å². The van der Waals surface area contributed by atoms with Crippen LogP contribution in [-0.4, -0.2) is 15.0 Å². The van der Waals surface area contributed by atoms with Crippen molar-refractivity contribution in [2.75, 3.05) is 5.88 Å². The van der Waals surface area contributed by atoms with Crippen molar-refractivity contribution >= 4 is 11.6 Å². The molecule has 0 aliphatic heterocycles. The molecule has 0 spiro atoms. The molecule has 0 saturated heterocycles. The first-order valence-corrected chi connectivity index (χ1v) is 5.53. The first-order chi connectivity index (χ1) is 6.66. The number of halogens is 1. The van der Waals surface area contributed by atoms with Crippen LogP contribution < -0.4 is 5.69 Å². The molecule has 4 heteroatoms. The van der Waals surface area contributed by atoms with Crippen LogP contribution in [0.4, 0.5) is 0 Å². The van der Waals surface area contributed by atoms with Gasteiger partial charge in [-0.15, -0.1) is 11.6 Å². The van der Waals surface area contributed by atoms with Gasteiger partial charge >= 0.3 is 5.69 Å². The Hall–Kier alpha value is -0.700. The molecule has 0 amide bonds. The van der Waals surface area contributed by atoms with E-state index in [1.54, 1.807) is 9.13 Å². The van der Waals surface area contributed by atoms with Crippen LogP contribution in [0.5, 0.6) is 0 Å². The molecule has 0 saturated carbocycles. The minimum Gasteiger partial charge on any atom is -0.299 e. The standard InChI is InChI=1S/C10H17ClN2O/c1-9(2)13-8-7-12(10(13)14)6-4-3-5-11/h7-9H,3-6H2,1-2H3. The van der Waals surface area contributed by atoms with Crippen LogP contribution in [0.25, 0.3) is 0 Å². The molecule has 0 bridgehead atoms. The van der Waals surface area contributed by atoms with E-state index in [9.17, 15) is 4.79 Å². The van der Waals surface area contributed by atoms with Crippen LogP contribution in [0.2, 0.25) is 0 Å². The van der Waals surface area contributed by atoms with Crippen molar-refractivity contribution in [2.45, 2.75) is 39.3 Å². The molecule has 1 aromatic rings. The van der Waals surface area contributed by atoms with Crippen molar-refractivity contribution in [2.24, 2.45) is 0 Å². The Morgan fingerprint density at radius 2 is 2.07 bits per heavy atom. The third-order valence-corrected chi connectivity index (χ3v) is 2.48. The second kappa shape index (κ2) is 5.25. The Morgan fingerprint density at radius 1 is 1.36 bits per heavy atom. The summed E-state index contributed by atoms with van der Waals surface area (Å²) in [5.74, 6) is 0.666. The average molecular weight is 217 g/mol. The molecular weight excluding hydrogens is 200 g/mol.